The highest BCUT2D eigenvalue weighted by Crippen LogP contribution is 2.10. The molecule has 0 radical (unpaired) electrons. The van der Waals surface area contributed by atoms with Crippen LogP contribution >= 0.6 is 0 Å². The number of hydrogen-bond donors (Lipinski definition) is 4. The highest BCUT2D eigenvalue weighted by molar-refractivity contribution is 5.86. The molecule has 8 nitrogen and oxygen atoms in total. The molecule has 8 heteroatoms. The van der Waals surface area contributed by atoms with Gasteiger partial charge in [0.05, 0.1) is 51.6 Å². The summed E-state index contributed by atoms with van der Waals surface area (Å²) in [6, 6.07) is 9.04. The fourth-order valence-electron chi connectivity index (χ4n) is 2.56. The molecule has 0 unspecified atom stereocenters. The second kappa shape index (κ2) is 15.6. The maximum absolute atomic E-state index is 12.5. The summed E-state index contributed by atoms with van der Waals surface area (Å²) < 4.78 is 10.6. The zero-order chi connectivity index (χ0) is 21.3. The van der Waals surface area contributed by atoms with Crippen molar-refractivity contribution in [2.24, 2.45) is 5.92 Å². The normalized spacial score (nSPS) is 12.8. The first-order valence-corrected chi connectivity index (χ1v) is 9.69. The van der Waals surface area contributed by atoms with Gasteiger partial charge in [-0.25, -0.2) is 0 Å². The molecule has 1 aromatic carbocycles. The first kappa shape index (κ1) is 24.8. The predicted octanol–water partition coefficient (Wildman–Crippen LogP) is 0.388. The van der Waals surface area contributed by atoms with Gasteiger partial charge >= 0.3 is 0 Å². The summed E-state index contributed by atoms with van der Waals surface area (Å²) in [5.41, 5.74) is 1.000. The number of allylic oxidation sites excluding steroid dienone is 1. The molecule has 0 aliphatic carbocycles. The summed E-state index contributed by atoms with van der Waals surface area (Å²) in [7, 11) is 0. The van der Waals surface area contributed by atoms with Crippen molar-refractivity contribution in [2.75, 3.05) is 39.6 Å². The molecule has 29 heavy (non-hydrogen) atoms. The van der Waals surface area contributed by atoms with Crippen LogP contribution < -0.4 is 10.6 Å². The Hall–Kier alpha value is -2.26. The molecule has 1 rings (SSSR count). The van der Waals surface area contributed by atoms with Crippen LogP contribution in [0.2, 0.25) is 0 Å². The minimum absolute atomic E-state index is 0.000867. The molecular weight excluding hydrogens is 376 g/mol. The van der Waals surface area contributed by atoms with E-state index >= 15 is 0 Å². The van der Waals surface area contributed by atoms with Crippen molar-refractivity contribution < 1.29 is 29.3 Å². The summed E-state index contributed by atoms with van der Waals surface area (Å²) in [4.78, 5) is 24.6. The minimum Gasteiger partial charge on any atom is -0.394 e. The standard InChI is InChI=1S/C21H32N2O6/c1-2-6-18(13-20(26)22-9-11-28-12-10-24)21(27)23-19(14-25)16-29-15-17-7-4-3-5-8-17/h2-5,7-8,18-19,24-25H,1,6,9-16H2,(H,22,26)(H,23,27)/t18-,19-/m1/s1. The molecule has 0 saturated carbocycles. The number of benzene rings is 1. The zero-order valence-corrected chi connectivity index (χ0v) is 16.7. The Morgan fingerprint density at radius 2 is 1.90 bits per heavy atom. The van der Waals surface area contributed by atoms with Gasteiger partial charge in [-0.2, -0.15) is 0 Å². The molecule has 0 saturated heterocycles. The average Bonchev–Trinajstić information content (AvgIpc) is 2.73. The SMILES string of the molecule is C=CC[C@H](CC(=O)NCCOCCO)C(=O)N[C@H](CO)COCc1ccccc1. The second-order valence-corrected chi connectivity index (χ2v) is 6.50. The average molecular weight is 408 g/mol. The maximum Gasteiger partial charge on any atom is 0.224 e. The van der Waals surface area contributed by atoms with Crippen molar-refractivity contribution in [3.8, 4) is 0 Å². The van der Waals surface area contributed by atoms with Crippen molar-refractivity contribution in [1.29, 1.82) is 0 Å². The van der Waals surface area contributed by atoms with Crippen LogP contribution in [0.5, 0.6) is 0 Å². The number of hydrogen-bond acceptors (Lipinski definition) is 6. The number of amides is 2. The van der Waals surface area contributed by atoms with Crippen molar-refractivity contribution in [1.82, 2.24) is 10.6 Å². The van der Waals surface area contributed by atoms with Gasteiger partial charge in [-0.1, -0.05) is 36.4 Å². The molecule has 4 N–H and O–H groups in total. The molecule has 2 atom stereocenters. The van der Waals surface area contributed by atoms with E-state index in [-0.39, 0.29) is 51.3 Å². The predicted molar refractivity (Wildman–Crippen MR) is 109 cm³/mol. The highest BCUT2D eigenvalue weighted by Gasteiger charge is 2.23. The summed E-state index contributed by atoms with van der Waals surface area (Å²) >= 11 is 0. The summed E-state index contributed by atoms with van der Waals surface area (Å²) in [5.74, 6) is -1.20. The third-order valence-electron chi connectivity index (χ3n) is 4.06. The van der Waals surface area contributed by atoms with Crippen molar-refractivity contribution in [2.45, 2.75) is 25.5 Å². The Morgan fingerprint density at radius 1 is 1.14 bits per heavy atom. The van der Waals surface area contributed by atoms with Gasteiger partial charge in [0.2, 0.25) is 11.8 Å². The number of aliphatic hydroxyl groups excluding tert-OH is 2. The Morgan fingerprint density at radius 3 is 2.55 bits per heavy atom. The topological polar surface area (TPSA) is 117 Å². The van der Waals surface area contributed by atoms with Gasteiger partial charge in [-0.05, 0) is 12.0 Å². The lowest BCUT2D eigenvalue weighted by atomic mass is 9.99. The molecule has 1 aromatic rings. The van der Waals surface area contributed by atoms with Crippen LogP contribution in [0.3, 0.4) is 0 Å². The van der Waals surface area contributed by atoms with E-state index < -0.39 is 12.0 Å². The van der Waals surface area contributed by atoms with Crippen LogP contribution in [0.4, 0.5) is 0 Å². The number of aliphatic hydroxyl groups is 2. The van der Waals surface area contributed by atoms with Gasteiger partial charge in [-0.15, -0.1) is 6.58 Å². The van der Waals surface area contributed by atoms with Crippen molar-refractivity contribution in [3.63, 3.8) is 0 Å². The molecule has 0 aliphatic rings. The van der Waals surface area contributed by atoms with Crippen LogP contribution in [0.15, 0.2) is 43.0 Å². The summed E-state index contributed by atoms with van der Waals surface area (Å²) in [6.45, 7) is 4.64. The highest BCUT2D eigenvalue weighted by atomic mass is 16.5. The summed E-state index contributed by atoms with van der Waals surface area (Å²) in [5, 5.41) is 23.6. The van der Waals surface area contributed by atoms with E-state index in [4.69, 9.17) is 14.6 Å². The number of carbonyl (C=O) groups excluding carboxylic acids is 2. The van der Waals surface area contributed by atoms with E-state index in [1.54, 1.807) is 6.08 Å². The fraction of sp³-hybridized carbons (Fsp3) is 0.524. The van der Waals surface area contributed by atoms with E-state index in [2.05, 4.69) is 17.2 Å². The first-order valence-electron chi connectivity index (χ1n) is 9.69. The number of rotatable bonds is 16. The molecule has 0 fully saturated rings. The maximum atomic E-state index is 12.5. The van der Waals surface area contributed by atoms with Crippen LogP contribution in [-0.2, 0) is 25.7 Å². The smallest absolute Gasteiger partial charge is 0.224 e. The molecule has 2 amide bonds. The van der Waals surface area contributed by atoms with Crippen LogP contribution in [-0.4, -0.2) is 67.6 Å². The van der Waals surface area contributed by atoms with Gasteiger partial charge in [0, 0.05) is 13.0 Å². The van der Waals surface area contributed by atoms with Gasteiger partial charge in [0.1, 0.15) is 0 Å². The third kappa shape index (κ3) is 11.4. The molecule has 0 bridgehead atoms. The minimum atomic E-state index is -0.589. The molecular formula is C21H32N2O6. The van der Waals surface area contributed by atoms with E-state index in [1.165, 1.54) is 0 Å². The molecule has 0 aliphatic heterocycles. The van der Waals surface area contributed by atoms with E-state index in [9.17, 15) is 14.7 Å². The monoisotopic (exact) mass is 408 g/mol. The Bertz CT molecular complexity index is 596. The van der Waals surface area contributed by atoms with Gasteiger partial charge in [0.15, 0.2) is 0 Å². The van der Waals surface area contributed by atoms with Gasteiger partial charge in [0.25, 0.3) is 0 Å². The van der Waals surface area contributed by atoms with Crippen molar-refractivity contribution in [3.05, 3.63) is 48.6 Å². The van der Waals surface area contributed by atoms with E-state index in [1.807, 2.05) is 30.3 Å². The Labute approximate surface area is 171 Å². The molecule has 0 aromatic heterocycles. The van der Waals surface area contributed by atoms with E-state index in [0.29, 0.717) is 19.6 Å². The van der Waals surface area contributed by atoms with Crippen LogP contribution in [0.1, 0.15) is 18.4 Å². The van der Waals surface area contributed by atoms with Crippen LogP contribution in [0.25, 0.3) is 0 Å². The number of ether oxygens (including phenoxy) is 2. The second-order valence-electron chi connectivity index (χ2n) is 6.50. The summed E-state index contributed by atoms with van der Waals surface area (Å²) in [6.07, 6.45) is 1.92. The number of nitrogens with one attached hydrogen (secondary N) is 2. The quantitative estimate of drug-likeness (QED) is 0.232. The molecule has 0 heterocycles. The zero-order valence-electron chi connectivity index (χ0n) is 16.7. The lowest BCUT2D eigenvalue weighted by molar-refractivity contribution is -0.131. The van der Waals surface area contributed by atoms with Gasteiger partial charge in [-0.3, -0.25) is 9.59 Å². The first-order chi connectivity index (χ1) is 14.1. The third-order valence-corrected chi connectivity index (χ3v) is 4.06. The Balaban J connectivity index is 2.41. The van der Waals surface area contributed by atoms with Crippen molar-refractivity contribution >= 4 is 11.8 Å². The van der Waals surface area contributed by atoms with E-state index in [0.717, 1.165) is 5.56 Å². The lowest BCUT2D eigenvalue weighted by Crippen LogP contribution is -2.44. The van der Waals surface area contributed by atoms with Crippen LogP contribution in [0, 0.1) is 5.92 Å². The molecule has 162 valence electrons. The Kier molecular flexibility index (Phi) is 13.4. The molecule has 0 spiro atoms. The lowest BCUT2D eigenvalue weighted by Gasteiger charge is -2.21. The number of carbonyl (C=O) groups is 2. The van der Waals surface area contributed by atoms with Gasteiger partial charge < -0.3 is 30.3 Å². The fourth-order valence-corrected chi connectivity index (χ4v) is 2.56. The largest absolute Gasteiger partial charge is 0.394 e.